The lowest BCUT2D eigenvalue weighted by Gasteiger charge is -2.08. The minimum Gasteiger partial charge on any atom is -0.454 e. The van der Waals surface area contributed by atoms with E-state index in [2.05, 4.69) is 4.72 Å². The summed E-state index contributed by atoms with van der Waals surface area (Å²) in [6.45, 7) is 1.85. The Morgan fingerprint density at radius 2 is 1.92 bits per heavy atom. The highest BCUT2D eigenvalue weighted by molar-refractivity contribution is 7.89. The van der Waals surface area contributed by atoms with E-state index in [-0.39, 0.29) is 24.0 Å². The van der Waals surface area contributed by atoms with E-state index in [0.29, 0.717) is 23.5 Å². The molecule has 0 amide bonds. The Morgan fingerprint density at radius 1 is 1.12 bits per heavy atom. The van der Waals surface area contributed by atoms with Crippen molar-refractivity contribution in [1.29, 1.82) is 0 Å². The van der Waals surface area contributed by atoms with Crippen LogP contribution in [0.25, 0.3) is 0 Å². The molecule has 0 saturated carbocycles. The zero-order valence-corrected chi connectivity index (χ0v) is 13.9. The van der Waals surface area contributed by atoms with E-state index >= 15 is 0 Å². The van der Waals surface area contributed by atoms with Crippen LogP contribution in [-0.2, 0) is 16.4 Å². The number of sulfonamides is 1. The van der Waals surface area contributed by atoms with Crippen LogP contribution in [0.5, 0.6) is 11.5 Å². The minimum absolute atomic E-state index is 0.0842. The minimum atomic E-state index is -3.66. The van der Waals surface area contributed by atoms with Crippen molar-refractivity contribution in [2.45, 2.75) is 18.2 Å². The fourth-order valence-corrected chi connectivity index (χ4v) is 3.47. The Balaban J connectivity index is 1.65. The van der Waals surface area contributed by atoms with Crippen LogP contribution >= 0.6 is 0 Å². The van der Waals surface area contributed by atoms with Crippen molar-refractivity contribution >= 4 is 15.8 Å². The zero-order valence-electron chi connectivity index (χ0n) is 13.1. The molecule has 3 rings (SSSR count). The van der Waals surface area contributed by atoms with Gasteiger partial charge < -0.3 is 9.47 Å². The summed E-state index contributed by atoms with van der Waals surface area (Å²) in [6.07, 6.45) is 0.516. The largest absolute Gasteiger partial charge is 0.454 e. The van der Waals surface area contributed by atoms with Crippen molar-refractivity contribution in [3.05, 3.63) is 53.6 Å². The smallest absolute Gasteiger partial charge is 0.240 e. The second kappa shape index (κ2) is 6.62. The Labute approximate surface area is 140 Å². The predicted molar refractivity (Wildman–Crippen MR) is 87.9 cm³/mol. The van der Waals surface area contributed by atoms with E-state index in [1.54, 1.807) is 12.1 Å². The molecule has 2 aromatic carbocycles. The normalized spacial score (nSPS) is 13.0. The number of nitrogens with one attached hydrogen (secondary N) is 1. The quantitative estimate of drug-likeness (QED) is 0.810. The van der Waals surface area contributed by atoms with Crippen LogP contribution in [0.15, 0.2) is 47.4 Å². The van der Waals surface area contributed by atoms with Gasteiger partial charge in [0.1, 0.15) is 0 Å². The average molecular weight is 347 g/mol. The summed E-state index contributed by atoms with van der Waals surface area (Å²) in [7, 11) is -3.66. The fraction of sp³-hybridized carbons (Fsp3) is 0.235. The van der Waals surface area contributed by atoms with E-state index in [4.69, 9.17) is 9.47 Å². The second-order valence-corrected chi connectivity index (χ2v) is 7.19. The number of hydrogen-bond donors (Lipinski definition) is 1. The Hall–Kier alpha value is -2.38. The molecule has 0 atom stereocenters. The molecular formula is C17H17NO5S. The third-order valence-electron chi connectivity index (χ3n) is 3.69. The topological polar surface area (TPSA) is 81.7 Å². The van der Waals surface area contributed by atoms with Gasteiger partial charge in [0.2, 0.25) is 16.8 Å². The number of hydrogen-bond acceptors (Lipinski definition) is 5. The van der Waals surface area contributed by atoms with Crippen molar-refractivity contribution in [2.24, 2.45) is 0 Å². The highest BCUT2D eigenvalue weighted by Gasteiger charge is 2.16. The molecule has 0 spiro atoms. The van der Waals surface area contributed by atoms with Gasteiger partial charge in [0.25, 0.3) is 0 Å². The summed E-state index contributed by atoms with van der Waals surface area (Å²) < 4.78 is 37.7. The first-order valence-corrected chi connectivity index (χ1v) is 8.93. The van der Waals surface area contributed by atoms with Gasteiger partial charge in [-0.15, -0.1) is 0 Å². The molecule has 0 radical (unpaired) electrons. The van der Waals surface area contributed by atoms with Crippen LogP contribution in [0.1, 0.15) is 22.8 Å². The number of ketones is 1. The van der Waals surface area contributed by atoms with Crippen molar-refractivity contribution in [1.82, 2.24) is 4.72 Å². The van der Waals surface area contributed by atoms with Crippen molar-refractivity contribution in [3.63, 3.8) is 0 Å². The predicted octanol–water partition coefficient (Wildman–Crippen LogP) is 2.14. The molecular weight excluding hydrogens is 330 g/mol. The first-order chi connectivity index (χ1) is 11.5. The van der Waals surface area contributed by atoms with Gasteiger partial charge in [0.15, 0.2) is 17.3 Å². The lowest BCUT2D eigenvalue weighted by molar-refractivity contribution is 0.101. The summed E-state index contributed by atoms with van der Waals surface area (Å²) in [4.78, 5) is 11.5. The van der Waals surface area contributed by atoms with Crippen LogP contribution in [-0.4, -0.2) is 27.5 Å². The summed E-state index contributed by atoms with van der Waals surface area (Å²) in [5.74, 6) is 1.19. The van der Waals surface area contributed by atoms with E-state index < -0.39 is 10.0 Å². The molecule has 0 aliphatic carbocycles. The maximum Gasteiger partial charge on any atom is 0.240 e. The van der Waals surface area contributed by atoms with Crippen LogP contribution < -0.4 is 14.2 Å². The van der Waals surface area contributed by atoms with E-state index in [0.717, 1.165) is 5.56 Å². The van der Waals surface area contributed by atoms with Crippen LogP contribution in [0.4, 0.5) is 0 Å². The Bertz CT molecular complexity index is 876. The van der Waals surface area contributed by atoms with Crippen LogP contribution in [0.2, 0.25) is 0 Å². The standard InChI is InChI=1S/C17H17NO5S/c1-12(19)14-3-2-4-15(10-14)24(20,21)18-8-7-13-5-6-16-17(9-13)23-11-22-16/h2-6,9-10,18H,7-8,11H2,1H3. The summed E-state index contributed by atoms with van der Waals surface area (Å²) in [5.41, 5.74) is 1.31. The molecule has 6 nitrogen and oxygen atoms in total. The van der Waals surface area contributed by atoms with E-state index in [1.807, 2.05) is 18.2 Å². The molecule has 24 heavy (non-hydrogen) atoms. The molecule has 2 aromatic rings. The molecule has 0 fully saturated rings. The Kier molecular flexibility index (Phi) is 4.55. The number of carbonyl (C=O) groups is 1. The number of Topliss-reactive ketones (excluding diaryl/α,β-unsaturated/α-hetero) is 1. The first kappa shape index (κ1) is 16.5. The lowest BCUT2D eigenvalue weighted by Crippen LogP contribution is -2.26. The summed E-state index contributed by atoms with van der Waals surface area (Å²) >= 11 is 0. The van der Waals surface area contributed by atoms with Gasteiger partial charge in [-0.1, -0.05) is 18.2 Å². The maximum atomic E-state index is 12.3. The monoisotopic (exact) mass is 347 g/mol. The van der Waals surface area contributed by atoms with Gasteiger partial charge in [-0.2, -0.15) is 0 Å². The lowest BCUT2D eigenvalue weighted by atomic mass is 10.1. The molecule has 1 aliphatic rings. The van der Waals surface area contributed by atoms with Crippen LogP contribution in [0, 0.1) is 0 Å². The fourth-order valence-electron chi connectivity index (χ4n) is 2.39. The van der Waals surface area contributed by atoms with E-state index in [1.165, 1.54) is 19.1 Å². The maximum absolute atomic E-state index is 12.3. The molecule has 0 saturated heterocycles. The molecule has 1 heterocycles. The Morgan fingerprint density at radius 3 is 2.71 bits per heavy atom. The number of carbonyl (C=O) groups excluding carboxylic acids is 1. The third-order valence-corrected chi connectivity index (χ3v) is 5.15. The molecule has 1 N–H and O–H groups in total. The molecule has 0 aromatic heterocycles. The third kappa shape index (κ3) is 3.58. The zero-order chi connectivity index (χ0) is 17.2. The second-order valence-electron chi connectivity index (χ2n) is 5.42. The molecule has 1 aliphatic heterocycles. The van der Waals surface area contributed by atoms with Crippen molar-refractivity contribution in [2.75, 3.05) is 13.3 Å². The number of ether oxygens (including phenoxy) is 2. The molecule has 126 valence electrons. The SMILES string of the molecule is CC(=O)c1cccc(S(=O)(=O)NCCc2ccc3c(c2)OCO3)c1. The van der Waals surface area contributed by atoms with Gasteiger partial charge in [-0.3, -0.25) is 4.79 Å². The number of benzene rings is 2. The highest BCUT2D eigenvalue weighted by atomic mass is 32.2. The van der Waals surface area contributed by atoms with Gasteiger partial charge in [0, 0.05) is 12.1 Å². The van der Waals surface area contributed by atoms with Gasteiger partial charge in [0.05, 0.1) is 4.90 Å². The highest BCUT2D eigenvalue weighted by Crippen LogP contribution is 2.32. The van der Waals surface area contributed by atoms with E-state index in [9.17, 15) is 13.2 Å². The van der Waals surface area contributed by atoms with Crippen molar-refractivity contribution < 1.29 is 22.7 Å². The van der Waals surface area contributed by atoms with Gasteiger partial charge >= 0.3 is 0 Å². The summed E-state index contributed by atoms with van der Waals surface area (Å²) in [5, 5.41) is 0. The molecule has 0 unspecified atom stereocenters. The summed E-state index contributed by atoms with van der Waals surface area (Å²) in [6, 6.07) is 11.5. The van der Waals surface area contributed by atoms with Gasteiger partial charge in [-0.05, 0) is 43.2 Å². The molecule has 7 heteroatoms. The number of fused-ring (bicyclic) bond motifs is 1. The molecule has 0 bridgehead atoms. The average Bonchev–Trinajstić information content (AvgIpc) is 3.02. The van der Waals surface area contributed by atoms with Crippen LogP contribution in [0.3, 0.4) is 0 Å². The van der Waals surface area contributed by atoms with Gasteiger partial charge in [-0.25, -0.2) is 13.1 Å². The number of rotatable bonds is 6. The van der Waals surface area contributed by atoms with Crippen molar-refractivity contribution in [3.8, 4) is 11.5 Å². The first-order valence-electron chi connectivity index (χ1n) is 7.45.